The van der Waals surface area contributed by atoms with Gasteiger partial charge in [0.15, 0.2) is 0 Å². The van der Waals surface area contributed by atoms with Crippen molar-refractivity contribution in [2.75, 3.05) is 39.6 Å². The Bertz CT molecular complexity index is 2030. The van der Waals surface area contributed by atoms with Crippen LogP contribution in [0.5, 0.6) is 11.5 Å². The standard InChI is InChI=1S/C58H82O7/c1-13-57(14-2,48-20-16-44(17-21-48)55(9,10)47-26-30-52(31-27-47)61-36-53-37-62-53)64-35-50(59)34-60-51-28-24-46(25-29-51)56(11,12)45-18-22-49(23-19-45)58(15-3,65-39-54-38-63-54)43(8)33-42(7)41(6)32-40(4)5/h16-31,40-43,50,53-54,59H,13-15,32-39H2,1-12H3. The van der Waals surface area contributed by atoms with Crippen LogP contribution in [0.4, 0.5) is 0 Å². The van der Waals surface area contributed by atoms with Gasteiger partial charge in [-0.25, -0.2) is 0 Å². The van der Waals surface area contributed by atoms with Gasteiger partial charge in [-0.1, -0.05) is 156 Å². The molecule has 2 aliphatic rings. The zero-order valence-corrected chi connectivity index (χ0v) is 42.0. The highest BCUT2D eigenvalue weighted by atomic mass is 16.6. The van der Waals surface area contributed by atoms with Crippen molar-refractivity contribution in [2.45, 2.75) is 156 Å². The van der Waals surface area contributed by atoms with Gasteiger partial charge < -0.3 is 33.5 Å². The molecule has 0 aliphatic carbocycles. The van der Waals surface area contributed by atoms with Crippen LogP contribution in [0, 0.1) is 23.7 Å². The molecule has 1 N–H and O–H groups in total. The molecule has 65 heavy (non-hydrogen) atoms. The van der Waals surface area contributed by atoms with Crippen LogP contribution in [0.25, 0.3) is 0 Å². The summed E-state index contributed by atoms with van der Waals surface area (Å²) in [5, 5.41) is 11.1. The normalized spacial score (nSPS) is 19.3. The lowest BCUT2D eigenvalue weighted by atomic mass is 9.72. The zero-order chi connectivity index (χ0) is 47.0. The minimum Gasteiger partial charge on any atom is -0.491 e. The van der Waals surface area contributed by atoms with E-state index in [0.29, 0.717) is 36.9 Å². The van der Waals surface area contributed by atoms with Crippen LogP contribution >= 0.6 is 0 Å². The van der Waals surface area contributed by atoms with Crippen LogP contribution in [-0.2, 0) is 41.0 Å². The average Bonchev–Trinajstić information content (AvgIpc) is 4.26. The number of rotatable bonds is 27. The van der Waals surface area contributed by atoms with Crippen LogP contribution < -0.4 is 9.47 Å². The Hall–Kier alpha value is -3.72. The molecule has 0 saturated carbocycles. The molecule has 7 nitrogen and oxygen atoms in total. The Morgan fingerprint density at radius 3 is 1.38 bits per heavy atom. The Labute approximate surface area is 392 Å². The lowest BCUT2D eigenvalue weighted by Crippen LogP contribution is -2.39. The molecule has 4 aromatic rings. The van der Waals surface area contributed by atoms with E-state index in [1.165, 1.54) is 34.2 Å². The van der Waals surface area contributed by atoms with Crippen molar-refractivity contribution in [3.05, 3.63) is 130 Å². The van der Waals surface area contributed by atoms with Crippen molar-refractivity contribution in [2.24, 2.45) is 23.7 Å². The number of epoxide rings is 2. The summed E-state index contributed by atoms with van der Waals surface area (Å²) < 4.78 is 36.4. The highest BCUT2D eigenvalue weighted by Gasteiger charge is 2.41. The van der Waals surface area contributed by atoms with E-state index in [1.807, 2.05) is 24.3 Å². The summed E-state index contributed by atoms with van der Waals surface area (Å²) in [7, 11) is 0. The van der Waals surface area contributed by atoms with Gasteiger partial charge in [-0.3, -0.25) is 0 Å². The Morgan fingerprint density at radius 1 is 0.523 bits per heavy atom. The fourth-order valence-electron chi connectivity index (χ4n) is 9.95. The molecule has 4 aromatic carbocycles. The summed E-state index contributed by atoms with van der Waals surface area (Å²) >= 11 is 0. The average molecular weight is 891 g/mol. The molecule has 0 radical (unpaired) electrons. The third-order valence-electron chi connectivity index (χ3n) is 15.1. The molecule has 7 unspecified atom stereocenters. The van der Waals surface area contributed by atoms with Crippen LogP contribution in [0.3, 0.4) is 0 Å². The largest absolute Gasteiger partial charge is 0.491 e. The fourth-order valence-corrected chi connectivity index (χ4v) is 9.95. The predicted octanol–water partition coefficient (Wildman–Crippen LogP) is 13.0. The SMILES string of the molecule is CCC(CC)(OCC(O)COc1ccc(C(C)(C)c2ccc(C(CC)(OCC3CO3)C(C)CC(C)C(C)CC(C)C)cc2)cc1)c1ccc(C(C)(C)c2ccc(OCC3CO3)cc2)cc1. The Balaban J connectivity index is 1.04. The summed E-state index contributed by atoms with van der Waals surface area (Å²) in [5.74, 6) is 3.92. The minimum atomic E-state index is -0.783. The minimum absolute atomic E-state index is 0.140. The van der Waals surface area contributed by atoms with Gasteiger partial charge in [0.1, 0.15) is 43.0 Å². The molecule has 0 aromatic heterocycles. The maximum atomic E-state index is 11.1. The van der Waals surface area contributed by atoms with Crippen LogP contribution in [-0.4, -0.2) is 63.1 Å². The molecule has 7 heteroatoms. The Kier molecular flexibility index (Phi) is 17.1. The van der Waals surface area contributed by atoms with Crippen molar-refractivity contribution < 1.29 is 33.5 Å². The molecule has 0 spiro atoms. The molecule has 2 aliphatic heterocycles. The fraction of sp³-hybridized carbons (Fsp3) is 0.586. The first kappa shape index (κ1) is 50.7. The van der Waals surface area contributed by atoms with E-state index < -0.39 is 11.7 Å². The molecule has 7 atom stereocenters. The number of hydrogen-bond donors (Lipinski definition) is 1. The summed E-state index contributed by atoms with van der Waals surface area (Å²) in [6, 6.07) is 34.7. The van der Waals surface area contributed by atoms with Gasteiger partial charge in [-0.05, 0) is 113 Å². The first-order valence-electron chi connectivity index (χ1n) is 24.8. The van der Waals surface area contributed by atoms with Gasteiger partial charge in [0.25, 0.3) is 0 Å². The van der Waals surface area contributed by atoms with Gasteiger partial charge in [-0.15, -0.1) is 0 Å². The predicted molar refractivity (Wildman–Crippen MR) is 264 cm³/mol. The van der Waals surface area contributed by atoms with E-state index in [4.69, 9.17) is 28.4 Å². The second-order valence-electron chi connectivity index (χ2n) is 20.9. The van der Waals surface area contributed by atoms with Crippen molar-refractivity contribution in [3.63, 3.8) is 0 Å². The number of benzene rings is 4. The van der Waals surface area contributed by atoms with Crippen molar-refractivity contribution >= 4 is 0 Å². The van der Waals surface area contributed by atoms with E-state index in [9.17, 15) is 5.11 Å². The van der Waals surface area contributed by atoms with Crippen LogP contribution in [0.2, 0.25) is 0 Å². The topological polar surface area (TPSA) is 82.2 Å². The summed E-state index contributed by atoms with van der Waals surface area (Å²) in [6.07, 6.45) is 4.52. The third kappa shape index (κ3) is 12.6. The molecular formula is C58H82O7. The van der Waals surface area contributed by atoms with Crippen LogP contribution in [0.1, 0.15) is 149 Å². The number of aliphatic hydroxyl groups is 1. The molecule has 0 amide bonds. The molecule has 2 fully saturated rings. The Morgan fingerprint density at radius 2 is 0.938 bits per heavy atom. The third-order valence-corrected chi connectivity index (χ3v) is 15.1. The first-order chi connectivity index (χ1) is 31.0. The maximum absolute atomic E-state index is 11.1. The highest BCUT2D eigenvalue weighted by molar-refractivity contribution is 5.43. The molecule has 2 heterocycles. The lowest BCUT2D eigenvalue weighted by molar-refractivity contribution is -0.103. The van der Waals surface area contributed by atoms with E-state index in [-0.39, 0.29) is 41.9 Å². The summed E-state index contributed by atoms with van der Waals surface area (Å²) in [4.78, 5) is 0. The first-order valence-corrected chi connectivity index (χ1v) is 24.8. The zero-order valence-electron chi connectivity index (χ0n) is 42.0. The van der Waals surface area contributed by atoms with E-state index >= 15 is 0 Å². The maximum Gasteiger partial charge on any atom is 0.119 e. The van der Waals surface area contributed by atoms with Gasteiger partial charge in [0.05, 0.1) is 37.6 Å². The lowest BCUT2D eigenvalue weighted by Gasteiger charge is -2.41. The molecule has 2 saturated heterocycles. The van der Waals surface area contributed by atoms with E-state index in [0.717, 1.165) is 56.0 Å². The van der Waals surface area contributed by atoms with E-state index in [2.05, 4.69) is 156 Å². The summed E-state index contributed by atoms with van der Waals surface area (Å²) in [6.45, 7) is 30.6. The van der Waals surface area contributed by atoms with Gasteiger partial charge in [-0.2, -0.15) is 0 Å². The second kappa shape index (κ2) is 21.9. The van der Waals surface area contributed by atoms with Crippen molar-refractivity contribution in [1.29, 1.82) is 0 Å². The quantitative estimate of drug-likeness (QED) is 0.0597. The van der Waals surface area contributed by atoms with Gasteiger partial charge in [0.2, 0.25) is 0 Å². The molecule has 356 valence electrons. The smallest absolute Gasteiger partial charge is 0.119 e. The van der Waals surface area contributed by atoms with E-state index in [1.54, 1.807) is 0 Å². The number of hydrogen-bond acceptors (Lipinski definition) is 7. The monoisotopic (exact) mass is 891 g/mol. The van der Waals surface area contributed by atoms with Gasteiger partial charge >= 0.3 is 0 Å². The number of ether oxygens (including phenoxy) is 6. The molecule has 0 bridgehead atoms. The molecule has 6 rings (SSSR count). The van der Waals surface area contributed by atoms with Gasteiger partial charge in [0, 0.05) is 10.8 Å². The van der Waals surface area contributed by atoms with Crippen molar-refractivity contribution in [3.8, 4) is 11.5 Å². The summed E-state index contributed by atoms with van der Waals surface area (Å²) in [5.41, 5.74) is 5.92. The van der Waals surface area contributed by atoms with Crippen LogP contribution in [0.15, 0.2) is 97.1 Å². The number of aliphatic hydroxyl groups excluding tert-OH is 1. The highest BCUT2D eigenvalue weighted by Crippen LogP contribution is 2.44. The van der Waals surface area contributed by atoms with Crippen molar-refractivity contribution in [1.82, 2.24) is 0 Å². The second-order valence-corrected chi connectivity index (χ2v) is 20.9. The molecular weight excluding hydrogens is 809 g/mol.